The molecule has 0 fully saturated rings. The summed E-state index contributed by atoms with van der Waals surface area (Å²) in [4.78, 5) is 4.29. The van der Waals surface area contributed by atoms with E-state index in [1.807, 2.05) is 36.4 Å². The van der Waals surface area contributed by atoms with Crippen molar-refractivity contribution in [1.29, 1.82) is 0 Å². The van der Waals surface area contributed by atoms with Crippen molar-refractivity contribution in [3.8, 4) is 11.5 Å². The number of fused-ring (bicyclic) bond motifs is 1. The molecule has 1 heterocycles. The fourth-order valence-electron chi connectivity index (χ4n) is 2.31. The second kappa shape index (κ2) is 5.44. The van der Waals surface area contributed by atoms with Crippen molar-refractivity contribution < 1.29 is 4.74 Å². The minimum atomic E-state index is 0.465. The summed E-state index contributed by atoms with van der Waals surface area (Å²) in [6.07, 6.45) is 1.76. The van der Waals surface area contributed by atoms with E-state index in [9.17, 15) is 0 Å². The van der Waals surface area contributed by atoms with E-state index in [1.165, 1.54) is 5.56 Å². The maximum Gasteiger partial charge on any atom is 0.151 e. The van der Waals surface area contributed by atoms with Crippen LogP contribution in [0.15, 0.2) is 54.7 Å². The lowest BCUT2D eigenvalue weighted by molar-refractivity contribution is 0.484. The Hall–Kier alpha value is -2.55. The van der Waals surface area contributed by atoms with Crippen LogP contribution in [0.1, 0.15) is 25.3 Å². The van der Waals surface area contributed by atoms with Gasteiger partial charge in [0, 0.05) is 11.6 Å². The van der Waals surface area contributed by atoms with Gasteiger partial charge in [0.25, 0.3) is 0 Å². The van der Waals surface area contributed by atoms with Crippen LogP contribution >= 0.6 is 0 Å². The summed E-state index contributed by atoms with van der Waals surface area (Å²) in [7, 11) is 0. The Kier molecular flexibility index (Phi) is 3.48. The fourth-order valence-corrected chi connectivity index (χ4v) is 2.31. The first kappa shape index (κ1) is 13.4. The second-order valence-corrected chi connectivity index (χ2v) is 5.38. The van der Waals surface area contributed by atoms with E-state index in [2.05, 4.69) is 31.0 Å². The van der Waals surface area contributed by atoms with Crippen molar-refractivity contribution in [2.24, 2.45) is 0 Å². The highest BCUT2D eigenvalue weighted by atomic mass is 16.5. The third kappa shape index (κ3) is 2.68. The average Bonchev–Trinajstić information content (AvgIpc) is 2.51. The summed E-state index contributed by atoms with van der Waals surface area (Å²) in [5.41, 5.74) is 8.94. The van der Waals surface area contributed by atoms with Crippen molar-refractivity contribution in [3.63, 3.8) is 0 Å². The smallest absolute Gasteiger partial charge is 0.151 e. The third-order valence-electron chi connectivity index (χ3n) is 3.54. The van der Waals surface area contributed by atoms with Crippen LogP contribution in [0, 0.1) is 0 Å². The molecule has 0 aliphatic carbocycles. The van der Waals surface area contributed by atoms with Gasteiger partial charge in [0.05, 0.1) is 11.2 Å². The molecule has 0 spiro atoms. The summed E-state index contributed by atoms with van der Waals surface area (Å²) in [6, 6.07) is 15.7. The summed E-state index contributed by atoms with van der Waals surface area (Å²) in [6.45, 7) is 4.32. The molecule has 106 valence electrons. The van der Waals surface area contributed by atoms with Gasteiger partial charge < -0.3 is 10.5 Å². The molecule has 3 nitrogen and oxygen atoms in total. The van der Waals surface area contributed by atoms with Gasteiger partial charge in [-0.3, -0.25) is 4.98 Å². The predicted molar refractivity (Wildman–Crippen MR) is 86.8 cm³/mol. The van der Waals surface area contributed by atoms with Crippen LogP contribution in [0.3, 0.4) is 0 Å². The molecule has 3 aromatic rings. The molecule has 1 aromatic heterocycles. The van der Waals surface area contributed by atoms with Gasteiger partial charge in [-0.15, -0.1) is 0 Å². The first-order chi connectivity index (χ1) is 10.1. The highest BCUT2D eigenvalue weighted by Gasteiger charge is 2.08. The Balaban J connectivity index is 1.98. The summed E-state index contributed by atoms with van der Waals surface area (Å²) in [5, 5.41) is 0.912. The van der Waals surface area contributed by atoms with Crippen molar-refractivity contribution in [1.82, 2.24) is 4.98 Å². The lowest BCUT2D eigenvalue weighted by Gasteiger charge is -2.12. The topological polar surface area (TPSA) is 48.1 Å². The van der Waals surface area contributed by atoms with E-state index in [0.29, 0.717) is 17.4 Å². The number of hydrogen-bond donors (Lipinski definition) is 1. The number of pyridine rings is 1. The van der Waals surface area contributed by atoms with Gasteiger partial charge >= 0.3 is 0 Å². The molecular formula is C18H18N2O. The van der Waals surface area contributed by atoms with Gasteiger partial charge in [-0.05, 0) is 47.9 Å². The van der Waals surface area contributed by atoms with Crippen LogP contribution in [0.4, 0.5) is 5.69 Å². The molecule has 0 unspecified atom stereocenters. The number of nitrogens with zero attached hydrogens (tertiary/aromatic N) is 1. The lowest BCUT2D eigenvalue weighted by atomic mass is 10.0. The van der Waals surface area contributed by atoms with Gasteiger partial charge in [0.1, 0.15) is 5.75 Å². The summed E-state index contributed by atoms with van der Waals surface area (Å²) < 4.78 is 5.96. The molecule has 0 saturated heterocycles. The Morgan fingerprint density at radius 3 is 2.71 bits per heavy atom. The van der Waals surface area contributed by atoms with E-state index in [-0.39, 0.29) is 0 Å². The number of hydrogen-bond acceptors (Lipinski definition) is 3. The Bertz CT molecular complexity index is 781. The van der Waals surface area contributed by atoms with Crippen molar-refractivity contribution in [3.05, 3.63) is 60.3 Å². The molecule has 0 aliphatic heterocycles. The summed E-state index contributed by atoms with van der Waals surface area (Å²) in [5.74, 6) is 1.93. The molecule has 2 N–H and O–H groups in total. The maximum atomic E-state index is 6.20. The molecule has 0 aliphatic rings. The molecule has 2 aromatic carbocycles. The molecule has 0 saturated carbocycles. The molecule has 21 heavy (non-hydrogen) atoms. The molecule has 0 bridgehead atoms. The predicted octanol–water partition coefficient (Wildman–Crippen LogP) is 4.73. The molecule has 0 atom stereocenters. The molecule has 3 heteroatoms. The third-order valence-corrected chi connectivity index (χ3v) is 3.54. The maximum absolute atomic E-state index is 6.20. The van der Waals surface area contributed by atoms with Crippen LogP contribution in [-0.2, 0) is 0 Å². The first-order valence-electron chi connectivity index (χ1n) is 7.06. The number of benzene rings is 2. The number of rotatable bonds is 3. The first-order valence-corrected chi connectivity index (χ1v) is 7.06. The van der Waals surface area contributed by atoms with E-state index in [1.54, 1.807) is 6.20 Å². The molecule has 3 rings (SSSR count). The van der Waals surface area contributed by atoms with Crippen LogP contribution < -0.4 is 10.5 Å². The number of anilines is 1. The van der Waals surface area contributed by atoms with Gasteiger partial charge in [-0.1, -0.05) is 26.0 Å². The highest BCUT2D eigenvalue weighted by molar-refractivity contribution is 5.93. The quantitative estimate of drug-likeness (QED) is 0.704. The second-order valence-electron chi connectivity index (χ2n) is 5.38. The van der Waals surface area contributed by atoms with Gasteiger partial charge in [0.2, 0.25) is 0 Å². The molecular weight excluding hydrogens is 260 g/mol. The van der Waals surface area contributed by atoms with Crippen molar-refractivity contribution in [2.45, 2.75) is 19.8 Å². The van der Waals surface area contributed by atoms with Crippen LogP contribution in [0.2, 0.25) is 0 Å². The van der Waals surface area contributed by atoms with E-state index >= 15 is 0 Å². The minimum absolute atomic E-state index is 0.465. The zero-order valence-corrected chi connectivity index (χ0v) is 12.2. The number of aromatic nitrogens is 1. The number of ether oxygens (including phenoxy) is 1. The van der Waals surface area contributed by atoms with Crippen LogP contribution in [-0.4, -0.2) is 4.98 Å². The number of nitrogen functional groups attached to an aromatic ring is 1. The summed E-state index contributed by atoms with van der Waals surface area (Å²) >= 11 is 0. The van der Waals surface area contributed by atoms with Gasteiger partial charge in [-0.25, -0.2) is 0 Å². The van der Waals surface area contributed by atoms with Crippen molar-refractivity contribution >= 4 is 16.6 Å². The zero-order chi connectivity index (χ0) is 14.8. The van der Waals surface area contributed by atoms with Crippen molar-refractivity contribution in [2.75, 3.05) is 5.73 Å². The normalized spacial score (nSPS) is 11.0. The Morgan fingerprint density at radius 2 is 1.90 bits per heavy atom. The van der Waals surface area contributed by atoms with Crippen LogP contribution in [0.5, 0.6) is 11.5 Å². The minimum Gasteiger partial charge on any atom is -0.455 e. The number of nitrogens with two attached hydrogens (primary N) is 1. The Labute approximate surface area is 124 Å². The highest BCUT2D eigenvalue weighted by Crippen LogP contribution is 2.33. The van der Waals surface area contributed by atoms with Gasteiger partial charge in [-0.2, -0.15) is 0 Å². The molecule has 0 amide bonds. The van der Waals surface area contributed by atoms with E-state index in [0.717, 1.165) is 16.7 Å². The van der Waals surface area contributed by atoms with E-state index < -0.39 is 0 Å². The average molecular weight is 278 g/mol. The largest absolute Gasteiger partial charge is 0.455 e. The Morgan fingerprint density at radius 1 is 1.05 bits per heavy atom. The lowest BCUT2D eigenvalue weighted by Crippen LogP contribution is -1.95. The monoisotopic (exact) mass is 278 g/mol. The zero-order valence-electron chi connectivity index (χ0n) is 12.2. The van der Waals surface area contributed by atoms with E-state index in [4.69, 9.17) is 10.5 Å². The standard InChI is InChI=1S/C18H18N2O/c1-12(2)13-5-3-6-14(11-13)21-17-9-8-16-15(18(17)19)7-4-10-20-16/h3-12H,19H2,1-2H3. The van der Waals surface area contributed by atoms with Gasteiger partial charge in [0.15, 0.2) is 5.75 Å². The van der Waals surface area contributed by atoms with Crippen LogP contribution in [0.25, 0.3) is 10.9 Å². The molecule has 0 radical (unpaired) electrons. The fraction of sp³-hybridized carbons (Fsp3) is 0.167. The SMILES string of the molecule is CC(C)c1cccc(Oc2ccc3ncccc3c2N)c1.